The summed E-state index contributed by atoms with van der Waals surface area (Å²) in [6, 6.07) is 9.26. The van der Waals surface area contributed by atoms with Crippen molar-refractivity contribution in [2.75, 3.05) is 5.32 Å². The van der Waals surface area contributed by atoms with Gasteiger partial charge in [-0.15, -0.1) is 0 Å². The zero-order valence-corrected chi connectivity index (χ0v) is 10.8. The fourth-order valence-electron chi connectivity index (χ4n) is 2.19. The lowest BCUT2D eigenvalue weighted by Crippen LogP contribution is -2.41. The Labute approximate surface area is 99.4 Å². The highest BCUT2D eigenvalue weighted by Crippen LogP contribution is 2.41. The first-order valence-corrected chi connectivity index (χ1v) is 6.15. The molecule has 1 saturated carbocycles. The highest BCUT2D eigenvalue weighted by atomic mass is 127. The van der Waals surface area contributed by atoms with Crippen molar-refractivity contribution in [3.05, 3.63) is 27.8 Å². The fourth-order valence-corrected chi connectivity index (χ4v) is 2.73. The van der Waals surface area contributed by atoms with E-state index in [4.69, 9.17) is 0 Å². The summed E-state index contributed by atoms with van der Waals surface area (Å²) < 4.78 is 1.30. The van der Waals surface area contributed by atoms with E-state index in [1.54, 1.807) is 0 Å². The van der Waals surface area contributed by atoms with Crippen LogP contribution >= 0.6 is 22.6 Å². The van der Waals surface area contributed by atoms with Gasteiger partial charge < -0.3 is 5.32 Å². The first-order valence-electron chi connectivity index (χ1n) is 5.07. The van der Waals surface area contributed by atoms with Crippen LogP contribution in [0.2, 0.25) is 0 Å². The smallest absolute Gasteiger partial charge is 0.0352 e. The average molecular weight is 301 g/mol. The Hall–Kier alpha value is -0.250. The molecule has 0 spiro atoms. The molecule has 0 heterocycles. The average Bonchev–Trinajstić information content (AvgIpc) is 2.00. The molecular formula is C12H16IN. The lowest BCUT2D eigenvalue weighted by atomic mass is 9.68. The molecule has 1 fully saturated rings. The lowest BCUT2D eigenvalue weighted by molar-refractivity contribution is 0.167. The Balaban J connectivity index is 1.93. The van der Waals surface area contributed by atoms with Gasteiger partial charge in [0.2, 0.25) is 0 Å². The predicted octanol–water partition coefficient (Wildman–Crippen LogP) is 3.89. The summed E-state index contributed by atoms with van der Waals surface area (Å²) in [7, 11) is 0. The molecular weight excluding hydrogens is 285 g/mol. The van der Waals surface area contributed by atoms with Crippen molar-refractivity contribution in [3.8, 4) is 0 Å². The van der Waals surface area contributed by atoms with Crippen LogP contribution in [-0.4, -0.2) is 6.04 Å². The van der Waals surface area contributed by atoms with E-state index >= 15 is 0 Å². The quantitative estimate of drug-likeness (QED) is 0.817. The van der Waals surface area contributed by atoms with E-state index in [2.05, 4.69) is 66.0 Å². The van der Waals surface area contributed by atoms with Crippen molar-refractivity contribution in [2.45, 2.75) is 32.7 Å². The van der Waals surface area contributed by atoms with Gasteiger partial charge >= 0.3 is 0 Å². The summed E-state index contributed by atoms with van der Waals surface area (Å²) in [5.74, 6) is 0. The number of hydrogen-bond acceptors (Lipinski definition) is 1. The Kier molecular flexibility index (Phi) is 2.73. The van der Waals surface area contributed by atoms with Crippen LogP contribution in [-0.2, 0) is 0 Å². The molecule has 14 heavy (non-hydrogen) atoms. The molecule has 0 unspecified atom stereocenters. The monoisotopic (exact) mass is 301 g/mol. The van der Waals surface area contributed by atoms with Gasteiger partial charge in [0, 0.05) is 15.3 Å². The first kappa shape index (κ1) is 10.3. The normalized spacial score (nSPS) is 20.2. The SMILES string of the molecule is CC1(C)CC(Nc2cccc(I)c2)C1. The number of hydrogen-bond donors (Lipinski definition) is 1. The standard InChI is InChI=1S/C12H16IN/c1-12(2)7-11(8-12)14-10-5-3-4-9(13)6-10/h3-6,11,14H,7-8H2,1-2H3. The zero-order chi connectivity index (χ0) is 10.2. The van der Waals surface area contributed by atoms with Crippen molar-refractivity contribution >= 4 is 28.3 Å². The van der Waals surface area contributed by atoms with E-state index in [-0.39, 0.29) is 0 Å². The molecule has 1 N–H and O–H groups in total. The number of rotatable bonds is 2. The second kappa shape index (κ2) is 3.72. The van der Waals surface area contributed by atoms with E-state index in [9.17, 15) is 0 Å². The first-order chi connectivity index (χ1) is 6.55. The maximum Gasteiger partial charge on any atom is 0.0352 e. The van der Waals surface area contributed by atoms with Crippen molar-refractivity contribution in [2.24, 2.45) is 5.41 Å². The molecule has 0 radical (unpaired) electrons. The van der Waals surface area contributed by atoms with Crippen molar-refractivity contribution in [3.63, 3.8) is 0 Å². The van der Waals surface area contributed by atoms with E-state index in [0.717, 1.165) is 0 Å². The number of benzene rings is 1. The fraction of sp³-hybridized carbons (Fsp3) is 0.500. The summed E-state index contributed by atoms with van der Waals surface area (Å²) in [6.07, 6.45) is 2.58. The summed E-state index contributed by atoms with van der Waals surface area (Å²) in [6.45, 7) is 4.67. The molecule has 0 atom stereocenters. The molecule has 0 saturated heterocycles. The highest BCUT2D eigenvalue weighted by molar-refractivity contribution is 14.1. The number of nitrogens with one attached hydrogen (secondary N) is 1. The topological polar surface area (TPSA) is 12.0 Å². The summed E-state index contributed by atoms with van der Waals surface area (Å²) in [5, 5.41) is 3.57. The van der Waals surface area contributed by atoms with Crippen LogP contribution in [0.5, 0.6) is 0 Å². The molecule has 0 amide bonds. The van der Waals surface area contributed by atoms with E-state index < -0.39 is 0 Å². The van der Waals surface area contributed by atoms with Crippen molar-refractivity contribution < 1.29 is 0 Å². The van der Waals surface area contributed by atoms with Crippen LogP contribution in [0, 0.1) is 8.99 Å². The molecule has 1 aliphatic rings. The lowest BCUT2D eigenvalue weighted by Gasteiger charge is -2.43. The van der Waals surface area contributed by atoms with Gasteiger partial charge in [0.25, 0.3) is 0 Å². The molecule has 76 valence electrons. The van der Waals surface area contributed by atoms with Gasteiger partial charge in [-0.25, -0.2) is 0 Å². The maximum atomic E-state index is 3.57. The number of anilines is 1. The van der Waals surface area contributed by atoms with Crippen molar-refractivity contribution in [1.29, 1.82) is 0 Å². The van der Waals surface area contributed by atoms with E-state index in [1.807, 2.05) is 0 Å². The second-order valence-electron chi connectivity index (χ2n) is 4.92. The molecule has 1 aromatic carbocycles. The summed E-state index contributed by atoms with van der Waals surface area (Å²) in [5.41, 5.74) is 1.82. The minimum atomic E-state index is 0.555. The van der Waals surface area contributed by atoms with Gasteiger partial charge in [-0.1, -0.05) is 19.9 Å². The van der Waals surface area contributed by atoms with Gasteiger partial charge in [0.15, 0.2) is 0 Å². The largest absolute Gasteiger partial charge is 0.382 e. The predicted molar refractivity (Wildman–Crippen MR) is 69.6 cm³/mol. The molecule has 0 bridgehead atoms. The minimum absolute atomic E-state index is 0.555. The van der Waals surface area contributed by atoms with Gasteiger partial charge in [-0.2, -0.15) is 0 Å². The molecule has 0 aliphatic heterocycles. The molecule has 1 nitrogen and oxygen atoms in total. The van der Waals surface area contributed by atoms with Crippen LogP contribution in [0.15, 0.2) is 24.3 Å². The second-order valence-corrected chi connectivity index (χ2v) is 6.17. The Morgan fingerprint density at radius 1 is 1.36 bits per heavy atom. The third-order valence-corrected chi connectivity index (χ3v) is 3.46. The van der Waals surface area contributed by atoms with E-state index in [1.165, 1.54) is 22.1 Å². The third-order valence-electron chi connectivity index (χ3n) is 2.79. The minimum Gasteiger partial charge on any atom is -0.382 e. The Bertz CT molecular complexity index is 325. The van der Waals surface area contributed by atoms with Crippen LogP contribution in [0.1, 0.15) is 26.7 Å². The maximum absolute atomic E-state index is 3.57. The van der Waals surface area contributed by atoms with Crippen molar-refractivity contribution in [1.82, 2.24) is 0 Å². The van der Waals surface area contributed by atoms with Gasteiger partial charge in [-0.3, -0.25) is 0 Å². The van der Waals surface area contributed by atoms with Gasteiger partial charge in [-0.05, 0) is 59.0 Å². The summed E-state index contributed by atoms with van der Waals surface area (Å²) >= 11 is 2.35. The Morgan fingerprint density at radius 2 is 2.07 bits per heavy atom. The molecule has 1 aromatic rings. The van der Waals surface area contributed by atoms with Gasteiger partial charge in [0.05, 0.1) is 0 Å². The highest BCUT2D eigenvalue weighted by Gasteiger charge is 2.35. The van der Waals surface area contributed by atoms with Crippen LogP contribution < -0.4 is 5.32 Å². The Morgan fingerprint density at radius 3 is 2.64 bits per heavy atom. The summed E-state index contributed by atoms with van der Waals surface area (Å²) in [4.78, 5) is 0. The van der Waals surface area contributed by atoms with Crippen LogP contribution in [0.3, 0.4) is 0 Å². The zero-order valence-electron chi connectivity index (χ0n) is 8.68. The van der Waals surface area contributed by atoms with E-state index in [0.29, 0.717) is 11.5 Å². The van der Waals surface area contributed by atoms with Crippen LogP contribution in [0.25, 0.3) is 0 Å². The van der Waals surface area contributed by atoms with Crippen LogP contribution in [0.4, 0.5) is 5.69 Å². The molecule has 0 aromatic heterocycles. The molecule has 2 rings (SSSR count). The third kappa shape index (κ3) is 2.41. The molecule has 1 aliphatic carbocycles. The number of halogens is 1. The van der Waals surface area contributed by atoms with Gasteiger partial charge in [0.1, 0.15) is 0 Å². The molecule has 2 heteroatoms.